The summed E-state index contributed by atoms with van der Waals surface area (Å²) in [5.74, 6) is -0.387. The Hall–Kier alpha value is -3.99. The van der Waals surface area contributed by atoms with Crippen LogP contribution in [0.15, 0.2) is 53.1 Å². The molecule has 4 aromatic rings. The number of carbonyl (C=O) groups is 1. The normalized spacial score (nSPS) is 22.2. The van der Waals surface area contributed by atoms with Crippen LogP contribution in [-0.2, 0) is 18.4 Å². The summed E-state index contributed by atoms with van der Waals surface area (Å²) in [6, 6.07) is 14.4. The van der Waals surface area contributed by atoms with E-state index in [1.807, 2.05) is 6.07 Å². The number of carboxylic acids is 1. The number of nitrogens with zero attached hydrogens (tertiary/aromatic N) is 3. The predicted molar refractivity (Wildman–Crippen MR) is 148 cm³/mol. The van der Waals surface area contributed by atoms with E-state index in [4.69, 9.17) is 9.26 Å². The highest BCUT2D eigenvalue weighted by Crippen LogP contribution is 2.46. The second kappa shape index (κ2) is 10.1. The van der Waals surface area contributed by atoms with E-state index in [0.29, 0.717) is 17.0 Å². The average molecular weight is 582 g/mol. The molecule has 2 aromatic heterocycles. The zero-order valence-corrected chi connectivity index (χ0v) is 22.9. The Balaban J connectivity index is 1.10. The van der Waals surface area contributed by atoms with Gasteiger partial charge in [0.15, 0.2) is 0 Å². The number of aryl methyl sites for hydroxylation is 1. The van der Waals surface area contributed by atoms with Gasteiger partial charge in [0.1, 0.15) is 22.9 Å². The summed E-state index contributed by atoms with van der Waals surface area (Å²) < 4.78 is 57.5. The van der Waals surface area contributed by atoms with E-state index < -0.39 is 12.3 Å². The van der Waals surface area contributed by atoms with Crippen molar-refractivity contribution in [3.8, 4) is 17.0 Å². The standard InChI is InChI=1S/C31H30F3N3O5/c1-36-25-11-10-19(12-18(25)13-26(36)30(38)39)37-20-8-9-21(37)15-22(14-20)40-16-24-28(35-42-29(24)17-6-7-17)23-4-2-3-5-27(23)41-31(32,33)34/h2-5,10-13,17,20-22H,6-9,14-16H2,1H3,(H,38,39). The highest BCUT2D eigenvalue weighted by Gasteiger charge is 2.42. The zero-order valence-electron chi connectivity index (χ0n) is 22.9. The lowest BCUT2D eigenvalue weighted by Gasteiger charge is -2.40. The van der Waals surface area contributed by atoms with Crippen molar-refractivity contribution >= 4 is 22.6 Å². The van der Waals surface area contributed by atoms with Crippen molar-refractivity contribution in [3.05, 3.63) is 65.5 Å². The molecule has 220 valence electrons. The van der Waals surface area contributed by atoms with Crippen LogP contribution < -0.4 is 9.64 Å². The first-order valence-electron chi connectivity index (χ1n) is 14.2. The van der Waals surface area contributed by atoms with Gasteiger partial charge in [0.2, 0.25) is 0 Å². The van der Waals surface area contributed by atoms with E-state index in [2.05, 4.69) is 26.9 Å². The van der Waals surface area contributed by atoms with Gasteiger partial charge in [0.05, 0.1) is 12.7 Å². The molecular formula is C31H30F3N3O5. The van der Waals surface area contributed by atoms with Gasteiger partial charge in [-0.3, -0.25) is 0 Å². The number of aromatic nitrogens is 2. The topological polar surface area (TPSA) is 90.0 Å². The van der Waals surface area contributed by atoms with E-state index in [-0.39, 0.29) is 47.7 Å². The molecule has 1 aliphatic carbocycles. The molecule has 42 heavy (non-hydrogen) atoms. The molecule has 2 saturated heterocycles. The SMILES string of the molecule is Cn1c(C(=O)O)cc2cc(N3C4CCC3CC(OCc3c(-c5ccccc5OC(F)(F)F)noc3C3CC3)C4)ccc21. The van der Waals surface area contributed by atoms with Gasteiger partial charge in [0.25, 0.3) is 0 Å². The minimum Gasteiger partial charge on any atom is -0.477 e. The van der Waals surface area contributed by atoms with Crippen LogP contribution in [0.1, 0.15) is 66.3 Å². The average Bonchev–Trinajstić information content (AvgIpc) is 3.54. The number of fused-ring (bicyclic) bond motifs is 3. The molecule has 2 aliphatic heterocycles. The van der Waals surface area contributed by atoms with E-state index in [1.165, 1.54) is 12.1 Å². The molecule has 7 rings (SSSR count). The summed E-state index contributed by atoms with van der Waals surface area (Å²) >= 11 is 0. The summed E-state index contributed by atoms with van der Waals surface area (Å²) in [7, 11) is 1.76. The maximum Gasteiger partial charge on any atom is 0.573 e. The molecule has 4 heterocycles. The summed E-state index contributed by atoms with van der Waals surface area (Å²) in [4.78, 5) is 14.0. The number of hydrogen-bond donors (Lipinski definition) is 1. The van der Waals surface area contributed by atoms with Crippen LogP contribution in [0.4, 0.5) is 18.9 Å². The molecule has 2 unspecified atom stereocenters. The summed E-state index contributed by atoms with van der Waals surface area (Å²) in [6.45, 7) is 0.197. The zero-order chi connectivity index (χ0) is 29.2. The van der Waals surface area contributed by atoms with Gasteiger partial charge in [-0.25, -0.2) is 4.79 Å². The molecule has 2 aromatic carbocycles. The van der Waals surface area contributed by atoms with Gasteiger partial charge in [-0.1, -0.05) is 17.3 Å². The van der Waals surface area contributed by atoms with Gasteiger partial charge in [-0.2, -0.15) is 0 Å². The number of halogens is 3. The highest BCUT2D eigenvalue weighted by molar-refractivity contribution is 5.95. The number of para-hydroxylation sites is 1. The fourth-order valence-corrected chi connectivity index (χ4v) is 6.80. The largest absolute Gasteiger partial charge is 0.573 e. The van der Waals surface area contributed by atoms with Crippen LogP contribution in [0.5, 0.6) is 5.75 Å². The first-order chi connectivity index (χ1) is 20.2. The third-order valence-corrected chi connectivity index (χ3v) is 8.83. The monoisotopic (exact) mass is 581 g/mol. The second-order valence-corrected chi connectivity index (χ2v) is 11.5. The molecule has 3 fully saturated rings. The molecule has 1 N–H and O–H groups in total. The van der Waals surface area contributed by atoms with Crippen LogP contribution in [0, 0.1) is 0 Å². The third kappa shape index (κ3) is 4.89. The van der Waals surface area contributed by atoms with Crippen LogP contribution in [0.2, 0.25) is 0 Å². The minimum absolute atomic E-state index is 0.0192. The van der Waals surface area contributed by atoms with Gasteiger partial charge < -0.3 is 28.6 Å². The lowest BCUT2D eigenvalue weighted by atomic mass is 9.98. The Morgan fingerprint density at radius 2 is 1.81 bits per heavy atom. The fourth-order valence-electron chi connectivity index (χ4n) is 6.80. The maximum atomic E-state index is 13.1. The number of aromatic carboxylic acids is 1. The van der Waals surface area contributed by atoms with Crippen LogP contribution in [0.3, 0.4) is 0 Å². The molecule has 2 atom stereocenters. The Labute approximate surface area is 239 Å². The molecule has 0 radical (unpaired) electrons. The van der Waals surface area contributed by atoms with Crippen molar-refractivity contribution < 1.29 is 37.1 Å². The van der Waals surface area contributed by atoms with Crippen molar-refractivity contribution in [2.24, 2.45) is 7.05 Å². The molecule has 11 heteroatoms. The fraction of sp³-hybridized carbons (Fsp3) is 0.419. The first-order valence-corrected chi connectivity index (χ1v) is 14.2. The third-order valence-electron chi connectivity index (χ3n) is 8.83. The van der Waals surface area contributed by atoms with E-state index >= 15 is 0 Å². The minimum atomic E-state index is -4.83. The number of carboxylic acid groups (broad SMARTS) is 1. The number of ether oxygens (including phenoxy) is 2. The molecule has 3 aliphatic rings. The van der Waals surface area contributed by atoms with Gasteiger partial charge >= 0.3 is 12.3 Å². The van der Waals surface area contributed by atoms with Crippen LogP contribution >= 0.6 is 0 Å². The second-order valence-electron chi connectivity index (χ2n) is 11.5. The van der Waals surface area contributed by atoms with Crippen molar-refractivity contribution in [2.75, 3.05) is 4.90 Å². The Kier molecular flexibility index (Phi) is 6.45. The van der Waals surface area contributed by atoms with Crippen molar-refractivity contribution in [1.29, 1.82) is 0 Å². The van der Waals surface area contributed by atoms with Gasteiger partial charge in [-0.05, 0) is 74.9 Å². The first kappa shape index (κ1) is 26.9. The van der Waals surface area contributed by atoms with Crippen LogP contribution in [0.25, 0.3) is 22.2 Å². The Morgan fingerprint density at radius 1 is 1.07 bits per heavy atom. The molecule has 2 bridgehead atoms. The predicted octanol–water partition coefficient (Wildman–Crippen LogP) is 7.02. The smallest absolute Gasteiger partial charge is 0.477 e. The summed E-state index contributed by atoms with van der Waals surface area (Å²) in [6.07, 6.45) is 0.752. The number of anilines is 1. The van der Waals surface area contributed by atoms with Crippen molar-refractivity contribution in [1.82, 2.24) is 9.72 Å². The van der Waals surface area contributed by atoms with E-state index in [1.54, 1.807) is 29.8 Å². The Morgan fingerprint density at radius 3 is 2.50 bits per heavy atom. The summed E-state index contributed by atoms with van der Waals surface area (Å²) in [5, 5.41) is 14.6. The lowest BCUT2D eigenvalue weighted by molar-refractivity contribution is -0.274. The maximum absolute atomic E-state index is 13.1. The molecular weight excluding hydrogens is 551 g/mol. The number of benzene rings is 2. The van der Waals surface area contributed by atoms with Crippen molar-refractivity contribution in [3.63, 3.8) is 0 Å². The van der Waals surface area contributed by atoms with E-state index in [9.17, 15) is 23.1 Å². The lowest BCUT2D eigenvalue weighted by Crippen LogP contribution is -2.45. The van der Waals surface area contributed by atoms with Gasteiger partial charge in [0, 0.05) is 52.8 Å². The highest BCUT2D eigenvalue weighted by atomic mass is 19.4. The molecule has 0 spiro atoms. The number of rotatable bonds is 8. The molecule has 8 nitrogen and oxygen atoms in total. The van der Waals surface area contributed by atoms with E-state index in [0.717, 1.165) is 55.1 Å². The number of piperidine rings is 1. The number of hydrogen-bond acceptors (Lipinski definition) is 6. The number of alkyl halides is 3. The van der Waals surface area contributed by atoms with Gasteiger partial charge in [-0.15, -0.1) is 13.2 Å². The molecule has 0 amide bonds. The Bertz CT molecular complexity index is 1640. The van der Waals surface area contributed by atoms with Crippen LogP contribution in [-0.4, -0.2) is 45.3 Å². The molecule has 1 saturated carbocycles. The van der Waals surface area contributed by atoms with Crippen molar-refractivity contribution in [2.45, 2.75) is 75.6 Å². The quantitative estimate of drug-likeness (QED) is 0.239. The summed E-state index contributed by atoms with van der Waals surface area (Å²) in [5.41, 5.74) is 3.45.